The van der Waals surface area contributed by atoms with Gasteiger partial charge in [-0.2, -0.15) is 17.9 Å². The number of aliphatic hydroxyl groups is 1. The Morgan fingerprint density at radius 3 is 2.44 bits per heavy atom. The molecule has 1 amide bonds. The summed E-state index contributed by atoms with van der Waals surface area (Å²) in [6.07, 6.45) is -2.91. The quantitative estimate of drug-likeness (QED) is 0.615. The Balaban J connectivity index is 1.94. The van der Waals surface area contributed by atoms with Crippen molar-refractivity contribution in [3.05, 3.63) is 70.7 Å². The minimum absolute atomic E-state index is 0.0753. The molecule has 1 heterocycles. The molecule has 0 aliphatic rings. The summed E-state index contributed by atoms with van der Waals surface area (Å²) in [5.41, 5.74) is -0.206. The first-order valence-electron chi connectivity index (χ1n) is 7.54. The number of aromatic nitrogens is 1. The molecule has 0 aliphatic carbocycles. The molecular formula is C17H17F3N2O3. The molecule has 0 fully saturated rings. The van der Waals surface area contributed by atoms with Gasteiger partial charge in [-0.05, 0) is 30.2 Å². The van der Waals surface area contributed by atoms with Gasteiger partial charge in [-0.1, -0.05) is 12.1 Å². The molecule has 0 bridgehead atoms. The molecule has 2 aromatic rings. The van der Waals surface area contributed by atoms with Crippen molar-refractivity contribution < 1.29 is 27.8 Å². The predicted molar refractivity (Wildman–Crippen MR) is 83.5 cm³/mol. The number of benzene rings is 1. The number of hydrogen-bond acceptors (Lipinski definition) is 3. The lowest BCUT2D eigenvalue weighted by Crippen LogP contribution is -2.41. The van der Waals surface area contributed by atoms with Crippen LogP contribution < -0.4 is 10.0 Å². The third-order valence-electron chi connectivity index (χ3n) is 3.67. The first-order valence-corrected chi connectivity index (χ1v) is 7.54. The average molecular weight is 354 g/mol. The van der Waals surface area contributed by atoms with Crippen LogP contribution in [0.2, 0.25) is 0 Å². The average Bonchev–Trinajstić information content (AvgIpc) is 2.58. The Labute approximate surface area is 142 Å². The highest BCUT2D eigenvalue weighted by Crippen LogP contribution is 2.29. The zero-order valence-electron chi connectivity index (χ0n) is 13.2. The van der Waals surface area contributed by atoms with E-state index in [1.165, 1.54) is 30.5 Å². The summed E-state index contributed by atoms with van der Waals surface area (Å²) in [4.78, 5) is 12.0. The Bertz CT molecular complexity index is 718. The van der Waals surface area contributed by atoms with Gasteiger partial charge >= 0.3 is 12.1 Å². The zero-order valence-corrected chi connectivity index (χ0v) is 13.2. The number of alkyl halides is 3. The van der Waals surface area contributed by atoms with Crippen molar-refractivity contribution in [2.75, 3.05) is 13.2 Å². The molecule has 1 aromatic heterocycles. The van der Waals surface area contributed by atoms with E-state index in [9.17, 15) is 28.3 Å². The van der Waals surface area contributed by atoms with Crippen LogP contribution in [-0.2, 0) is 12.6 Å². The number of amides is 1. The Morgan fingerprint density at radius 2 is 1.88 bits per heavy atom. The summed E-state index contributed by atoms with van der Waals surface area (Å²) in [5, 5.41) is 23.5. The number of nitrogens with zero attached hydrogens (tertiary/aromatic N) is 1. The molecule has 0 spiro atoms. The number of carbonyl (C=O) groups is 1. The van der Waals surface area contributed by atoms with Crippen LogP contribution in [0.3, 0.4) is 0 Å². The third kappa shape index (κ3) is 5.18. The Morgan fingerprint density at radius 1 is 1.20 bits per heavy atom. The second kappa shape index (κ2) is 7.98. The summed E-state index contributed by atoms with van der Waals surface area (Å²) in [5.74, 6) is -0.967. The molecule has 8 heteroatoms. The summed E-state index contributed by atoms with van der Waals surface area (Å²) in [6.45, 7) is -0.168. The van der Waals surface area contributed by atoms with Gasteiger partial charge in [-0.3, -0.25) is 4.79 Å². The normalized spacial score (nSPS) is 12.6. The molecule has 1 unspecified atom stereocenters. The summed E-state index contributed by atoms with van der Waals surface area (Å²) in [7, 11) is 0. The van der Waals surface area contributed by atoms with Crippen molar-refractivity contribution in [1.82, 2.24) is 5.32 Å². The number of rotatable bonds is 6. The van der Waals surface area contributed by atoms with Crippen LogP contribution in [0.25, 0.3) is 0 Å². The lowest BCUT2D eigenvalue weighted by atomic mass is 9.99. The van der Waals surface area contributed by atoms with Gasteiger partial charge in [-0.15, -0.1) is 0 Å². The van der Waals surface area contributed by atoms with E-state index < -0.39 is 17.6 Å². The van der Waals surface area contributed by atoms with Crippen LogP contribution in [0.1, 0.15) is 21.6 Å². The maximum absolute atomic E-state index is 12.5. The maximum atomic E-state index is 12.5. The lowest BCUT2D eigenvalue weighted by Gasteiger charge is -2.15. The van der Waals surface area contributed by atoms with Gasteiger partial charge < -0.3 is 15.6 Å². The summed E-state index contributed by atoms with van der Waals surface area (Å²) >= 11 is 0. The number of carbonyl (C=O) groups excluding carboxylic acids is 1. The number of nitrogens with one attached hydrogen (secondary N) is 1. The molecular weight excluding hydrogens is 337 g/mol. The van der Waals surface area contributed by atoms with Gasteiger partial charge in [-0.25, -0.2) is 0 Å². The lowest BCUT2D eigenvalue weighted by molar-refractivity contribution is -0.607. The van der Waals surface area contributed by atoms with Crippen LogP contribution in [0, 0.1) is 11.1 Å². The molecule has 0 saturated carbocycles. The second-order valence-corrected chi connectivity index (χ2v) is 5.57. The third-order valence-corrected chi connectivity index (χ3v) is 3.67. The molecule has 25 heavy (non-hydrogen) atoms. The monoisotopic (exact) mass is 354 g/mol. The highest BCUT2D eigenvalue weighted by atomic mass is 19.4. The molecule has 1 atom stereocenters. The number of pyridine rings is 1. The molecule has 2 N–H and O–H groups in total. The largest absolute Gasteiger partial charge is 0.618 e. The van der Waals surface area contributed by atoms with E-state index in [2.05, 4.69) is 5.32 Å². The van der Waals surface area contributed by atoms with Gasteiger partial charge in [0.2, 0.25) is 0 Å². The van der Waals surface area contributed by atoms with Crippen molar-refractivity contribution in [2.24, 2.45) is 5.92 Å². The second-order valence-electron chi connectivity index (χ2n) is 5.57. The van der Waals surface area contributed by atoms with E-state index in [0.717, 1.165) is 12.1 Å². The number of halogens is 3. The van der Waals surface area contributed by atoms with Crippen molar-refractivity contribution >= 4 is 5.91 Å². The van der Waals surface area contributed by atoms with E-state index in [1.807, 2.05) is 0 Å². The maximum Gasteiger partial charge on any atom is 0.416 e. The van der Waals surface area contributed by atoms with Crippen LogP contribution in [-0.4, -0.2) is 24.2 Å². The zero-order chi connectivity index (χ0) is 18.4. The van der Waals surface area contributed by atoms with Gasteiger partial charge in [0.05, 0.1) is 5.56 Å². The topological polar surface area (TPSA) is 76.3 Å². The molecule has 2 rings (SSSR count). The minimum Gasteiger partial charge on any atom is -0.618 e. The fourth-order valence-corrected chi connectivity index (χ4v) is 2.30. The van der Waals surface area contributed by atoms with Gasteiger partial charge in [0.1, 0.15) is 0 Å². The first kappa shape index (κ1) is 18.7. The summed E-state index contributed by atoms with van der Waals surface area (Å²) < 4.78 is 38.0. The standard InChI is InChI=1S/C17H17F3N2O3/c18-17(19,20)14-6-4-12(5-7-14)9-13(11-23)10-21-16(24)15-3-1-2-8-22(15)25/h1-8,13,23H,9-11H2,(H,21,24). The predicted octanol–water partition coefficient (Wildman–Crippen LogP) is 1.92. The van der Waals surface area contributed by atoms with Crippen LogP contribution in [0.4, 0.5) is 13.2 Å². The van der Waals surface area contributed by atoms with Gasteiger partial charge in [0.25, 0.3) is 5.69 Å². The van der Waals surface area contributed by atoms with Crippen LogP contribution >= 0.6 is 0 Å². The van der Waals surface area contributed by atoms with Crippen LogP contribution in [0.5, 0.6) is 0 Å². The van der Waals surface area contributed by atoms with E-state index >= 15 is 0 Å². The Kier molecular flexibility index (Phi) is 5.97. The molecule has 5 nitrogen and oxygen atoms in total. The van der Waals surface area contributed by atoms with E-state index in [4.69, 9.17) is 0 Å². The van der Waals surface area contributed by atoms with Crippen molar-refractivity contribution in [3.63, 3.8) is 0 Å². The molecule has 0 saturated heterocycles. The fourth-order valence-electron chi connectivity index (χ4n) is 2.30. The highest BCUT2D eigenvalue weighted by molar-refractivity contribution is 5.90. The molecule has 0 aliphatic heterocycles. The minimum atomic E-state index is -4.40. The van der Waals surface area contributed by atoms with Gasteiger partial charge in [0, 0.05) is 31.2 Å². The van der Waals surface area contributed by atoms with Crippen molar-refractivity contribution in [2.45, 2.75) is 12.6 Å². The molecule has 1 aromatic carbocycles. The number of aliphatic hydroxyl groups excluding tert-OH is 1. The number of hydrogen-bond donors (Lipinski definition) is 2. The fraction of sp³-hybridized carbons (Fsp3) is 0.294. The van der Waals surface area contributed by atoms with Crippen molar-refractivity contribution in [3.8, 4) is 0 Å². The van der Waals surface area contributed by atoms with Gasteiger partial charge in [0.15, 0.2) is 6.20 Å². The van der Waals surface area contributed by atoms with Crippen molar-refractivity contribution in [1.29, 1.82) is 0 Å². The molecule has 0 radical (unpaired) electrons. The SMILES string of the molecule is O=C(NCC(CO)Cc1ccc(C(F)(F)F)cc1)c1cccc[n+]1[O-]. The first-order chi connectivity index (χ1) is 11.8. The highest BCUT2D eigenvalue weighted by Gasteiger charge is 2.30. The smallest absolute Gasteiger partial charge is 0.416 e. The van der Waals surface area contributed by atoms with Crippen LogP contribution in [0.15, 0.2) is 48.7 Å². The van der Waals surface area contributed by atoms with E-state index in [1.54, 1.807) is 6.07 Å². The Hall–Kier alpha value is -2.61. The molecule has 134 valence electrons. The summed E-state index contributed by atoms with van der Waals surface area (Å²) in [6, 6.07) is 9.05. The van der Waals surface area contributed by atoms with E-state index in [-0.39, 0.29) is 24.8 Å². The van der Waals surface area contributed by atoms with E-state index in [0.29, 0.717) is 16.7 Å².